The van der Waals surface area contributed by atoms with E-state index in [9.17, 15) is 4.39 Å². The van der Waals surface area contributed by atoms with Gasteiger partial charge >= 0.3 is 0 Å². The molecule has 128 valence electrons. The van der Waals surface area contributed by atoms with Gasteiger partial charge in [0.1, 0.15) is 5.82 Å². The molecule has 0 fully saturated rings. The lowest BCUT2D eigenvalue weighted by Crippen LogP contribution is -2.14. The minimum atomic E-state index is -0.194. The molecule has 0 N–H and O–H groups in total. The number of nitrogens with zero attached hydrogens (tertiary/aromatic N) is 1. The number of fused-ring (bicyclic) bond motifs is 5. The maximum atomic E-state index is 14.6. The van der Waals surface area contributed by atoms with E-state index >= 15 is 0 Å². The quantitative estimate of drug-likeness (QED) is 0.369. The highest BCUT2D eigenvalue weighted by Gasteiger charge is 2.24. The summed E-state index contributed by atoms with van der Waals surface area (Å²) in [5.41, 5.74) is 5.01. The molecule has 0 saturated carbocycles. The molecular weight excluding hydrogens is 321 g/mol. The van der Waals surface area contributed by atoms with Crippen molar-refractivity contribution in [1.29, 1.82) is 0 Å². The molecule has 1 atom stereocenters. The van der Waals surface area contributed by atoms with E-state index in [0.717, 1.165) is 24.1 Å². The van der Waals surface area contributed by atoms with Gasteiger partial charge in [0.25, 0.3) is 0 Å². The highest BCUT2D eigenvalue weighted by molar-refractivity contribution is 6.09. The summed E-state index contributed by atoms with van der Waals surface area (Å²) in [6, 6.07) is 19.7. The van der Waals surface area contributed by atoms with E-state index in [1.54, 1.807) is 6.07 Å². The number of aromatic nitrogens is 1. The number of hydrogen-bond acceptors (Lipinski definition) is 1. The van der Waals surface area contributed by atoms with Crippen molar-refractivity contribution in [2.75, 3.05) is 0 Å². The largest absolute Gasteiger partial charge is 0.247 e. The van der Waals surface area contributed by atoms with Crippen LogP contribution in [0.4, 0.5) is 4.39 Å². The molecule has 4 aromatic rings. The third-order valence-corrected chi connectivity index (χ3v) is 5.66. The maximum absolute atomic E-state index is 14.6. The summed E-state index contributed by atoms with van der Waals surface area (Å²) >= 11 is 0. The van der Waals surface area contributed by atoms with Crippen molar-refractivity contribution in [3.8, 4) is 11.3 Å². The Hall–Kier alpha value is -2.74. The SMILES string of the molecule is CC1CCc2c(c(-c3ccccc3F)nc3ccc4ccccc4c23)C1. The van der Waals surface area contributed by atoms with Gasteiger partial charge in [-0.25, -0.2) is 9.37 Å². The molecule has 0 radical (unpaired) electrons. The number of hydrogen-bond donors (Lipinski definition) is 0. The Bertz CT molecular complexity index is 1150. The highest BCUT2D eigenvalue weighted by Crippen LogP contribution is 2.39. The topological polar surface area (TPSA) is 12.9 Å². The molecule has 1 nitrogen and oxygen atoms in total. The van der Waals surface area contributed by atoms with Gasteiger partial charge in [0.2, 0.25) is 0 Å². The van der Waals surface area contributed by atoms with Crippen LogP contribution in [0.3, 0.4) is 0 Å². The van der Waals surface area contributed by atoms with Gasteiger partial charge in [0.15, 0.2) is 0 Å². The molecule has 1 unspecified atom stereocenters. The zero-order valence-corrected chi connectivity index (χ0v) is 14.8. The van der Waals surface area contributed by atoms with E-state index in [4.69, 9.17) is 4.98 Å². The molecule has 1 heterocycles. The van der Waals surface area contributed by atoms with Crippen LogP contribution >= 0.6 is 0 Å². The Morgan fingerprint density at radius 2 is 1.73 bits per heavy atom. The predicted octanol–water partition coefficient (Wildman–Crippen LogP) is 6.32. The Labute approximate surface area is 152 Å². The highest BCUT2D eigenvalue weighted by atomic mass is 19.1. The number of benzene rings is 3. The average molecular weight is 341 g/mol. The van der Waals surface area contributed by atoms with Crippen LogP contribution in [0.5, 0.6) is 0 Å². The smallest absolute Gasteiger partial charge is 0.132 e. The monoisotopic (exact) mass is 341 g/mol. The molecule has 5 rings (SSSR count). The van der Waals surface area contributed by atoms with Gasteiger partial charge in [0.05, 0.1) is 11.2 Å². The zero-order valence-electron chi connectivity index (χ0n) is 14.8. The third-order valence-electron chi connectivity index (χ3n) is 5.66. The zero-order chi connectivity index (χ0) is 17.7. The Morgan fingerprint density at radius 3 is 2.62 bits per heavy atom. The molecule has 0 amide bonds. The van der Waals surface area contributed by atoms with Crippen molar-refractivity contribution in [3.63, 3.8) is 0 Å². The predicted molar refractivity (Wildman–Crippen MR) is 106 cm³/mol. The van der Waals surface area contributed by atoms with Crippen LogP contribution in [0.15, 0.2) is 60.7 Å². The van der Waals surface area contributed by atoms with Crippen LogP contribution < -0.4 is 0 Å². The summed E-state index contributed by atoms with van der Waals surface area (Å²) < 4.78 is 14.6. The number of aryl methyl sites for hydroxylation is 1. The second-order valence-electron chi connectivity index (χ2n) is 7.43. The van der Waals surface area contributed by atoms with E-state index < -0.39 is 0 Å². The molecule has 1 aliphatic carbocycles. The lowest BCUT2D eigenvalue weighted by Gasteiger charge is -2.26. The van der Waals surface area contributed by atoms with Crippen LogP contribution in [0.1, 0.15) is 24.5 Å². The maximum Gasteiger partial charge on any atom is 0.132 e. The Kier molecular flexibility index (Phi) is 3.53. The molecule has 0 spiro atoms. The van der Waals surface area contributed by atoms with Gasteiger partial charge in [0, 0.05) is 10.9 Å². The van der Waals surface area contributed by atoms with Gasteiger partial charge in [-0.3, -0.25) is 0 Å². The fourth-order valence-corrected chi connectivity index (χ4v) is 4.37. The van der Waals surface area contributed by atoms with Crippen LogP contribution in [-0.4, -0.2) is 4.98 Å². The van der Waals surface area contributed by atoms with Crippen molar-refractivity contribution in [2.24, 2.45) is 5.92 Å². The lowest BCUT2D eigenvalue weighted by molar-refractivity contribution is 0.503. The molecule has 1 aliphatic rings. The van der Waals surface area contributed by atoms with E-state index in [-0.39, 0.29) is 5.82 Å². The van der Waals surface area contributed by atoms with Gasteiger partial charge in [-0.15, -0.1) is 0 Å². The molecule has 2 heteroatoms. The standard InChI is InChI=1S/C24H20FN/c1-15-10-12-18-20(14-15)24(19-8-4-5-9-21(19)25)26-22-13-11-16-6-2-3-7-17(16)23(18)22/h2-9,11,13,15H,10,12,14H2,1H3. The van der Waals surface area contributed by atoms with Crippen molar-refractivity contribution in [1.82, 2.24) is 4.98 Å². The first-order valence-electron chi connectivity index (χ1n) is 9.30. The fraction of sp³-hybridized carbons (Fsp3) is 0.208. The Balaban J connectivity index is 1.92. The second kappa shape index (κ2) is 5.91. The lowest BCUT2D eigenvalue weighted by atomic mass is 9.80. The molecule has 26 heavy (non-hydrogen) atoms. The molecule has 0 aliphatic heterocycles. The molecule has 3 aromatic carbocycles. The summed E-state index contributed by atoms with van der Waals surface area (Å²) in [7, 11) is 0. The average Bonchev–Trinajstić information content (AvgIpc) is 2.67. The summed E-state index contributed by atoms with van der Waals surface area (Å²) in [5, 5.41) is 3.75. The summed E-state index contributed by atoms with van der Waals surface area (Å²) in [6.45, 7) is 2.28. The van der Waals surface area contributed by atoms with Crippen molar-refractivity contribution < 1.29 is 4.39 Å². The number of pyridine rings is 1. The summed E-state index contributed by atoms with van der Waals surface area (Å²) in [6.07, 6.45) is 3.17. The number of rotatable bonds is 1. The van der Waals surface area contributed by atoms with Gasteiger partial charge in [-0.1, -0.05) is 49.4 Å². The summed E-state index contributed by atoms with van der Waals surface area (Å²) in [4.78, 5) is 4.96. The van der Waals surface area contributed by atoms with Crippen LogP contribution in [0.2, 0.25) is 0 Å². The number of halogens is 1. The van der Waals surface area contributed by atoms with Gasteiger partial charge in [-0.2, -0.15) is 0 Å². The van der Waals surface area contributed by atoms with Gasteiger partial charge in [-0.05, 0) is 65.3 Å². The van der Waals surface area contributed by atoms with Crippen LogP contribution in [-0.2, 0) is 12.8 Å². The van der Waals surface area contributed by atoms with Crippen molar-refractivity contribution >= 4 is 21.7 Å². The van der Waals surface area contributed by atoms with Crippen molar-refractivity contribution in [2.45, 2.75) is 26.2 Å². The molecule has 0 bridgehead atoms. The van der Waals surface area contributed by atoms with E-state index in [2.05, 4.69) is 43.3 Å². The van der Waals surface area contributed by atoms with E-state index in [1.807, 2.05) is 12.1 Å². The van der Waals surface area contributed by atoms with Crippen molar-refractivity contribution in [3.05, 3.63) is 77.6 Å². The second-order valence-corrected chi connectivity index (χ2v) is 7.43. The normalized spacial score (nSPS) is 16.8. The minimum Gasteiger partial charge on any atom is -0.247 e. The van der Waals surface area contributed by atoms with E-state index in [1.165, 1.54) is 39.8 Å². The first-order valence-corrected chi connectivity index (χ1v) is 9.30. The van der Waals surface area contributed by atoms with Gasteiger partial charge < -0.3 is 0 Å². The first-order chi connectivity index (χ1) is 12.7. The first kappa shape index (κ1) is 15.5. The molecule has 1 aromatic heterocycles. The molecule has 0 saturated heterocycles. The minimum absolute atomic E-state index is 0.194. The summed E-state index contributed by atoms with van der Waals surface area (Å²) in [5.74, 6) is 0.405. The van der Waals surface area contributed by atoms with Crippen LogP contribution in [0.25, 0.3) is 32.9 Å². The van der Waals surface area contributed by atoms with E-state index in [0.29, 0.717) is 11.5 Å². The fourth-order valence-electron chi connectivity index (χ4n) is 4.37. The third kappa shape index (κ3) is 2.33. The Morgan fingerprint density at radius 1 is 0.923 bits per heavy atom. The molecular formula is C24H20FN. The van der Waals surface area contributed by atoms with Crippen LogP contribution in [0, 0.1) is 11.7 Å².